The first-order chi connectivity index (χ1) is 43.7. The Labute approximate surface area is 584 Å². The van der Waals surface area contributed by atoms with Gasteiger partial charge in [-0.3, -0.25) is 0 Å². The van der Waals surface area contributed by atoms with E-state index in [9.17, 15) is 0 Å². The molecule has 0 saturated heterocycles. The number of hydrogen-bond acceptors (Lipinski definition) is 0. The van der Waals surface area contributed by atoms with Gasteiger partial charge in [-0.05, 0) is 185 Å². The van der Waals surface area contributed by atoms with E-state index in [1.165, 1.54) is 204 Å². The third-order valence-corrected chi connectivity index (χ3v) is 23.9. The normalized spacial score (nSPS) is 10.9. The van der Waals surface area contributed by atoms with Crippen LogP contribution in [0.3, 0.4) is 0 Å². The number of unbranched alkanes of at least 4 members (excludes halogenated alkanes) is 30. The molecular formula is C88H138P2Pt+2. The van der Waals surface area contributed by atoms with Gasteiger partial charge in [-0.25, -0.2) is 0 Å². The van der Waals surface area contributed by atoms with E-state index in [-0.39, 0.29) is 47.7 Å². The quantitative estimate of drug-likeness (QED) is 0.0236. The van der Waals surface area contributed by atoms with Crippen molar-refractivity contribution >= 4 is 15.8 Å². The van der Waals surface area contributed by atoms with Crippen molar-refractivity contribution in [3.63, 3.8) is 0 Å². The summed E-state index contributed by atoms with van der Waals surface area (Å²) < 4.78 is 0. The van der Waals surface area contributed by atoms with Crippen LogP contribution in [0.1, 0.15) is 359 Å². The summed E-state index contributed by atoms with van der Waals surface area (Å²) in [5.74, 6) is 17.3. The second-order valence-corrected chi connectivity index (χ2v) is 34.2. The van der Waals surface area contributed by atoms with Crippen LogP contribution in [0.2, 0.25) is 0 Å². The predicted octanol–water partition coefficient (Wildman–Crippen LogP) is 27.2. The zero-order chi connectivity index (χ0) is 66.0. The maximum absolute atomic E-state index is 7.04. The second-order valence-electron chi connectivity index (χ2n) is 28.2. The Morgan fingerprint density at radius 2 is 0.396 bits per heavy atom. The Balaban J connectivity index is 0.00000119. The first-order valence-electron chi connectivity index (χ1n) is 37.6. The molecule has 0 atom stereocenters. The molecule has 0 aliphatic carbocycles. The molecule has 0 aromatic heterocycles. The number of hydrogen-bond donors (Lipinski definition) is 0. The largest absolute Gasteiger partial charge is 0.0654 e. The van der Waals surface area contributed by atoms with E-state index >= 15 is 0 Å². The fourth-order valence-electron chi connectivity index (χ4n) is 11.4. The molecule has 91 heavy (non-hydrogen) atoms. The van der Waals surface area contributed by atoms with Gasteiger partial charge in [0.2, 0.25) is 0 Å². The zero-order valence-corrected chi connectivity index (χ0v) is 65.5. The molecule has 4 aromatic carbocycles. The summed E-state index contributed by atoms with van der Waals surface area (Å²) in [6, 6.07) is 31.8. The van der Waals surface area contributed by atoms with Crippen LogP contribution < -0.4 is 0 Å². The van der Waals surface area contributed by atoms with Gasteiger partial charge in [0.05, 0.1) is 37.0 Å². The third kappa shape index (κ3) is 50.7. The van der Waals surface area contributed by atoms with Crippen LogP contribution in [0, 0.1) is 48.4 Å². The first kappa shape index (κ1) is 87.7. The van der Waals surface area contributed by atoms with E-state index in [1.54, 1.807) is 75.5 Å². The van der Waals surface area contributed by atoms with Crippen molar-refractivity contribution < 1.29 is 21.1 Å². The monoisotopic (exact) mass is 1450 g/mol. The van der Waals surface area contributed by atoms with E-state index in [4.69, 9.17) is 12.8 Å². The molecule has 3 heteroatoms. The molecule has 2 radical (unpaired) electrons. The number of rotatable bonds is 42. The van der Waals surface area contributed by atoms with Crippen molar-refractivity contribution in [2.45, 2.75) is 325 Å². The maximum Gasteiger partial charge on any atom is 0.0571 e. The minimum absolute atomic E-state index is 0. The summed E-state index contributed by atoms with van der Waals surface area (Å²) in [6.45, 7) is 27.2. The van der Waals surface area contributed by atoms with Crippen LogP contribution >= 0.6 is 15.8 Å². The molecule has 0 amide bonds. The van der Waals surface area contributed by atoms with E-state index in [0.29, 0.717) is 0 Å². The number of benzene rings is 4. The molecule has 0 unspecified atom stereocenters. The molecule has 508 valence electrons. The molecule has 0 spiro atoms. The average molecular weight is 1450 g/mol. The fourth-order valence-corrected chi connectivity index (χ4v) is 17.4. The van der Waals surface area contributed by atoms with Gasteiger partial charge in [0.25, 0.3) is 0 Å². The fraction of sp³-hybridized carbons (Fsp3) is 0.636. The molecule has 0 N–H and O–H groups in total. The van der Waals surface area contributed by atoms with Gasteiger partial charge in [0, 0.05) is 70.3 Å². The summed E-state index contributed by atoms with van der Waals surface area (Å²) in [6.07, 6.45) is 77.0. The summed E-state index contributed by atoms with van der Waals surface area (Å²) >= 11 is 0. The van der Waals surface area contributed by atoms with E-state index < -0.39 is 0 Å². The van der Waals surface area contributed by atoms with Crippen LogP contribution in [-0.4, -0.2) is 37.0 Å². The van der Waals surface area contributed by atoms with Crippen molar-refractivity contribution in [3.8, 4) is 35.5 Å². The minimum Gasteiger partial charge on any atom is -0.0654 e. The second kappa shape index (κ2) is 60.3. The molecule has 0 bridgehead atoms. The molecule has 0 aliphatic rings. The third-order valence-electron chi connectivity index (χ3n) is 17.6. The van der Waals surface area contributed by atoms with Gasteiger partial charge in [-0.1, -0.05) is 297 Å². The summed E-state index contributed by atoms with van der Waals surface area (Å²) in [7, 11) is -0.0444. The molecular weight excluding hydrogens is 1310 g/mol. The van der Waals surface area contributed by atoms with Gasteiger partial charge in [0.15, 0.2) is 0 Å². The maximum atomic E-state index is 7.04. The topological polar surface area (TPSA) is 0 Å². The average Bonchev–Trinajstić information content (AvgIpc) is 2.05. The van der Waals surface area contributed by atoms with Gasteiger partial charge >= 0.3 is 0 Å². The minimum atomic E-state index is -0.0222. The molecule has 0 aliphatic heterocycles. The van der Waals surface area contributed by atoms with Gasteiger partial charge in [-0.2, -0.15) is 0 Å². The Kier molecular flexibility index (Phi) is 58.1. The Morgan fingerprint density at radius 1 is 0.242 bits per heavy atom. The van der Waals surface area contributed by atoms with Crippen LogP contribution in [0.4, 0.5) is 0 Å². The smallest absolute Gasteiger partial charge is 0.0571 e. The van der Waals surface area contributed by atoms with Crippen molar-refractivity contribution in [3.05, 3.63) is 154 Å². The summed E-state index contributed by atoms with van der Waals surface area (Å²) in [4.78, 5) is 0. The predicted molar refractivity (Wildman–Crippen MR) is 414 cm³/mol. The van der Waals surface area contributed by atoms with E-state index in [2.05, 4.69) is 167 Å². The van der Waals surface area contributed by atoms with Gasteiger partial charge < -0.3 is 0 Å². The molecule has 4 aromatic rings. The Morgan fingerprint density at radius 3 is 0.560 bits per heavy atom. The Hall–Kier alpha value is -3.33. The Bertz CT molecular complexity index is 2210. The molecule has 0 saturated carbocycles. The molecule has 0 fully saturated rings. The summed E-state index contributed by atoms with van der Waals surface area (Å²) in [5.41, 5.74) is 8.43. The van der Waals surface area contributed by atoms with Crippen LogP contribution in [0.15, 0.2) is 97.1 Å². The van der Waals surface area contributed by atoms with Crippen LogP contribution in [0.5, 0.6) is 0 Å². The van der Waals surface area contributed by atoms with E-state index in [0.717, 1.165) is 33.4 Å². The van der Waals surface area contributed by atoms with Gasteiger partial charge in [0.1, 0.15) is 0 Å². The van der Waals surface area contributed by atoms with Crippen molar-refractivity contribution in [1.29, 1.82) is 0 Å². The van der Waals surface area contributed by atoms with Crippen LogP contribution in [0.25, 0.3) is 0 Å². The molecule has 4 rings (SSSR count). The van der Waals surface area contributed by atoms with Crippen molar-refractivity contribution in [2.75, 3.05) is 37.0 Å². The van der Waals surface area contributed by atoms with Crippen LogP contribution in [-0.2, 0) is 31.9 Å². The van der Waals surface area contributed by atoms with E-state index in [1.807, 2.05) is 48.5 Å². The van der Waals surface area contributed by atoms with Crippen molar-refractivity contribution in [1.82, 2.24) is 0 Å². The standard InChI is InChI=1S/2C24H51P.2C20H17.Pt/c2*1-4-7-10-13-16-19-22-25(23-20-17-14-11-8-5-2)24-21-18-15-12-9-6-3;2*1-5-16-6-8-17(9-7-16)10-11-18-12-14-19(15-13-18)20(2,3)4;/h2*4-24H2,1-3H3;2*6-9,12-15H,2-4H3;/p+2. The zero-order valence-electron chi connectivity index (χ0n) is 61.3. The van der Waals surface area contributed by atoms with Gasteiger partial charge in [-0.15, -0.1) is 0 Å². The van der Waals surface area contributed by atoms with Crippen molar-refractivity contribution in [2.24, 2.45) is 0 Å². The SMILES string of the molecule is CCCCCCCC[PH+](CCCCCCCC)CCCCCCCC.CCCCCCCC[PH+](CCCCCCCC)CCCCCCCC.[C]#Cc1ccc(C#Cc2ccc(C(C)(C)C)cc2)cc1.[C]#Cc1ccc(C#Cc2ccc(C(C)(C)C)cc2)cc1.[Pt]. The summed E-state index contributed by atoms with van der Waals surface area (Å²) in [5, 5.41) is 0. The first-order valence-corrected chi connectivity index (χ1v) is 41.9. The molecule has 0 nitrogen and oxygen atoms in total. The molecule has 0 heterocycles.